The van der Waals surface area contributed by atoms with E-state index in [1.165, 1.54) is 36.0 Å². The second-order valence-corrected chi connectivity index (χ2v) is 10.2. The molecular formula is C34H43NO2. The van der Waals surface area contributed by atoms with E-state index in [0.717, 1.165) is 69.7 Å². The van der Waals surface area contributed by atoms with E-state index >= 15 is 0 Å². The van der Waals surface area contributed by atoms with Gasteiger partial charge in [0, 0.05) is 13.1 Å². The van der Waals surface area contributed by atoms with Crippen molar-refractivity contribution < 1.29 is 9.84 Å². The largest absolute Gasteiger partial charge is 0.494 e. The molecule has 1 aliphatic rings. The zero-order valence-corrected chi connectivity index (χ0v) is 22.4. The molecular weight excluding hydrogens is 454 g/mol. The summed E-state index contributed by atoms with van der Waals surface area (Å²) in [7, 11) is 0. The summed E-state index contributed by atoms with van der Waals surface area (Å²) in [5, 5.41) is 10.7. The summed E-state index contributed by atoms with van der Waals surface area (Å²) in [6.45, 7) is 6.19. The van der Waals surface area contributed by atoms with Crippen LogP contribution in [0.1, 0.15) is 81.1 Å². The number of benzene rings is 3. The van der Waals surface area contributed by atoms with Crippen molar-refractivity contribution in [1.82, 2.24) is 4.90 Å². The highest BCUT2D eigenvalue weighted by molar-refractivity contribution is 5.82. The lowest BCUT2D eigenvalue weighted by atomic mass is 9.88. The molecule has 0 radical (unpaired) electrons. The zero-order chi connectivity index (χ0) is 25.7. The van der Waals surface area contributed by atoms with Crippen LogP contribution in [0.25, 0.3) is 5.57 Å². The molecule has 3 aromatic rings. The van der Waals surface area contributed by atoms with E-state index in [-0.39, 0.29) is 0 Å². The highest BCUT2D eigenvalue weighted by atomic mass is 16.5. The fourth-order valence-electron chi connectivity index (χ4n) is 5.26. The molecule has 0 aliphatic carbocycles. The van der Waals surface area contributed by atoms with Crippen LogP contribution in [-0.4, -0.2) is 36.2 Å². The molecule has 3 aromatic carbocycles. The van der Waals surface area contributed by atoms with Crippen LogP contribution in [0.4, 0.5) is 0 Å². The first kappa shape index (κ1) is 27.2. The van der Waals surface area contributed by atoms with Crippen LogP contribution >= 0.6 is 0 Å². The lowest BCUT2D eigenvalue weighted by Crippen LogP contribution is -2.32. The van der Waals surface area contributed by atoms with Crippen molar-refractivity contribution in [3.63, 3.8) is 0 Å². The third-order valence-electron chi connectivity index (χ3n) is 7.42. The molecule has 1 unspecified atom stereocenters. The van der Waals surface area contributed by atoms with Crippen molar-refractivity contribution in [2.75, 3.05) is 26.2 Å². The Balaban J connectivity index is 1.24. The van der Waals surface area contributed by atoms with Gasteiger partial charge in [-0.3, -0.25) is 0 Å². The topological polar surface area (TPSA) is 32.7 Å². The van der Waals surface area contributed by atoms with E-state index in [4.69, 9.17) is 4.74 Å². The number of nitrogens with zero attached hydrogens (tertiary/aromatic N) is 1. The van der Waals surface area contributed by atoms with Gasteiger partial charge in [-0.1, -0.05) is 105 Å². The van der Waals surface area contributed by atoms with Crippen molar-refractivity contribution in [1.29, 1.82) is 0 Å². The van der Waals surface area contributed by atoms with Gasteiger partial charge in [-0.05, 0) is 73.0 Å². The van der Waals surface area contributed by atoms with E-state index in [1.54, 1.807) is 5.57 Å². The number of hydrogen-bond donors (Lipinski definition) is 1. The van der Waals surface area contributed by atoms with Crippen LogP contribution in [0.2, 0.25) is 0 Å². The molecule has 0 bridgehead atoms. The third-order valence-corrected chi connectivity index (χ3v) is 7.42. The molecule has 1 N–H and O–H groups in total. The van der Waals surface area contributed by atoms with E-state index < -0.39 is 6.10 Å². The third kappa shape index (κ3) is 8.31. The van der Waals surface area contributed by atoms with Gasteiger partial charge in [-0.25, -0.2) is 0 Å². The van der Waals surface area contributed by atoms with E-state index in [0.29, 0.717) is 0 Å². The van der Waals surface area contributed by atoms with Gasteiger partial charge in [0.1, 0.15) is 5.75 Å². The first-order chi connectivity index (χ1) is 18.2. The predicted octanol–water partition coefficient (Wildman–Crippen LogP) is 8.06. The van der Waals surface area contributed by atoms with Crippen LogP contribution in [0, 0.1) is 0 Å². The number of hydrogen-bond acceptors (Lipinski definition) is 3. The summed E-state index contributed by atoms with van der Waals surface area (Å²) in [5.74, 6) is 0.898. The predicted molar refractivity (Wildman–Crippen MR) is 155 cm³/mol. The molecule has 1 fully saturated rings. The van der Waals surface area contributed by atoms with Gasteiger partial charge < -0.3 is 14.7 Å². The Hall–Kier alpha value is -2.88. The first-order valence-corrected chi connectivity index (χ1v) is 14.2. The molecule has 1 aliphatic heterocycles. The summed E-state index contributed by atoms with van der Waals surface area (Å²) in [4.78, 5) is 2.55. The average Bonchev–Trinajstić information content (AvgIpc) is 2.95. The van der Waals surface area contributed by atoms with Crippen molar-refractivity contribution >= 4 is 5.57 Å². The molecule has 3 heteroatoms. The fraction of sp³-hybridized carbons (Fsp3) is 0.412. The molecule has 0 saturated carbocycles. The highest BCUT2D eigenvalue weighted by Crippen LogP contribution is 2.32. The Bertz CT molecular complexity index is 1020. The normalized spacial score (nSPS) is 14.9. The van der Waals surface area contributed by atoms with Gasteiger partial charge >= 0.3 is 0 Å². The molecule has 37 heavy (non-hydrogen) atoms. The second kappa shape index (κ2) is 14.8. The number of unbranched alkanes of at least 4 members (excludes halogenated alkanes) is 3. The van der Waals surface area contributed by atoms with Gasteiger partial charge in [0.2, 0.25) is 0 Å². The first-order valence-electron chi connectivity index (χ1n) is 14.2. The number of piperidine rings is 1. The van der Waals surface area contributed by atoms with E-state index in [9.17, 15) is 5.11 Å². The standard InChI is InChI=1S/C34H43NO2/c1-2-3-4-11-27-37-32-20-18-28(19-21-32)33(36)17-12-24-35-25-22-31(23-26-35)34(29-13-7-5-8-14-29)30-15-9-6-10-16-30/h5-10,13-16,18-21,33,36H,2-4,11-12,17,22-27H2,1H3. The Morgan fingerprint density at radius 2 is 1.41 bits per heavy atom. The number of aliphatic hydroxyl groups excluding tert-OH is 1. The van der Waals surface area contributed by atoms with Crippen LogP contribution in [0.5, 0.6) is 5.75 Å². The molecule has 0 aromatic heterocycles. The molecule has 196 valence electrons. The molecule has 1 atom stereocenters. The Morgan fingerprint density at radius 1 is 0.784 bits per heavy atom. The quantitative estimate of drug-likeness (QED) is 0.242. The maximum atomic E-state index is 10.7. The van der Waals surface area contributed by atoms with Crippen LogP contribution < -0.4 is 4.74 Å². The number of likely N-dealkylation sites (tertiary alicyclic amines) is 1. The number of ether oxygens (including phenoxy) is 1. The van der Waals surface area contributed by atoms with Gasteiger partial charge in [0.25, 0.3) is 0 Å². The number of aliphatic hydroxyl groups is 1. The Morgan fingerprint density at radius 3 is 2.00 bits per heavy atom. The smallest absolute Gasteiger partial charge is 0.119 e. The molecule has 0 spiro atoms. The summed E-state index contributed by atoms with van der Waals surface area (Å²) < 4.78 is 5.84. The number of rotatable bonds is 13. The second-order valence-electron chi connectivity index (χ2n) is 10.2. The SMILES string of the molecule is CCCCCCOc1ccc(C(O)CCCN2CCC(=C(c3ccccc3)c3ccccc3)CC2)cc1. The molecule has 1 saturated heterocycles. The lowest BCUT2D eigenvalue weighted by molar-refractivity contribution is 0.153. The summed E-state index contributed by atoms with van der Waals surface area (Å²) >= 11 is 0. The maximum absolute atomic E-state index is 10.7. The Labute approximate surface area is 223 Å². The average molecular weight is 498 g/mol. The van der Waals surface area contributed by atoms with Crippen molar-refractivity contribution in [3.8, 4) is 5.75 Å². The van der Waals surface area contributed by atoms with Gasteiger partial charge in [-0.2, -0.15) is 0 Å². The van der Waals surface area contributed by atoms with E-state index in [1.807, 2.05) is 24.3 Å². The minimum Gasteiger partial charge on any atom is -0.494 e. The zero-order valence-electron chi connectivity index (χ0n) is 22.4. The van der Waals surface area contributed by atoms with Gasteiger partial charge in [0.05, 0.1) is 12.7 Å². The molecule has 0 amide bonds. The monoisotopic (exact) mass is 497 g/mol. The van der Waals surface area contributed by atoms with Crippen LogP contribution in [0.3, 0.4) is 0 Å². The minimum absolute atomic E-state index is 0.415. The summed E-state index contributed by atoms with van der Waals surface area (Å²) in [5.41, 5.74) is 6.57. The fourth-order valence-corrected chi connectivity index (χ4v) is 5.26. The van der Waals surface area contributed by atoms with Crippen molar-refractivity contribution in [2.24, 2.45) is 0 Å². The summed E-state index contributed by atoms with van der Waals surface area (Å²) in [6, 6.07) is 29.7. The Kier molecular flexibility index (Phi) is 10.8. The molecule has 1 heterocycles. The summed E-state index contributed by atoms with van der Waals surface area (Å²) in [6.07, 6.45) is 8.41. The van der Waals surface area contributed by atoms with Gasteiger partial charge in [-0.15, -0.1) is 0 Å². The van der Waals surface area contributed by atoms with Crippen LogP contribution in [-0.2, 0) is 0 Å². The molecule has 4 rings (SSSR count). The maximum Gasteiger partial charge on any atom is 0.119 e. The van der Waals surface area contributed by atoms with E-state index in [2.05, 4.69) is 72.5 Å². The van der Waals surface area contributed by atoms with Gasteiger partial charge in [0.15, 0.2) is 0 Å². The molecule has 3 nitrogen and oxygen atoms in total. The van der Waals surface area contributed by atoms with Crippen LogP contribution in [0.15, 0.2) is 90.5 Å². The van der Waals surface area contributed by atoms with Crippen molar-refractivity contribution in [3.05, 3.63) is 107 Å². The highest BCUT2D eigenvalue weighted by Gasteiger charge is 2.19. The van der Waals surface area contributed by atoms with Crippen molar-refractivity contribution in [2.45, 2.75) is 64.4 Å². The minimum atomic E-state index is -0.415. The lowest BCUT2D eigenvalue weighted by Gasteiger charge is -2.30.